The minimum Gasteiger partial charge on any atom is -0.460 e. The molecule has 0 aliphatic carbocycles. The molecule has 0 amide bonds. The summed E-state index contributed by atoms with van der Waals surface area (Å²) in [4.78, 5) is 12.2. The molecular formula is C17H16ClNO2. The molecule has 2 aromatic rings. The van der Waals surface area contributed by atoms with Crippen molar-refractivity contribution in [2.45, 2.75) is 13.0 Å². The summed E-state index contributed by atoms with van der Waals surface area (Å²) in [6.07, 6.45) is 0.713. The number of rotatable bonds is 3. The van der Waals surface area contributed by atoms with E-state index in [1.165, 1.54) is 0 Å². The fourth-order valence-corrected chi connectivity index (χ4v) is 2.68. The third-order valence-corrected chi connectivity index (χ3v) is 4.05. The van der Waals surface area contributed by atoms with Crippen LogP contribution in [0.1, 0.15) is 11.1 Å². The zero-order chi connectivity index (χ0) is 14.7. The van der Waals surface area contributed by atoms with E-state index in [4.69, 9.17) is 16.3 Å². The van der Waals surface area contributed by atoms with Gasteiger partial charge in [0, 0.05) is 22.8 Å². The Bertz CT molecular complexity index is 657. The van der Waals surface area contributed by atoms with Crippen LogP contribution in [-0.2, 0) is 22.6 Å². The number of hydrogen-bond donors (Lipinski definition) is 1. The van der Waals surface area contributed by atoms with Crippen LogP contribution in [0, 0.1) is 5.92 Å². The molecule has 21 heavy (non-hydrogen) atoms. The van der Waals surface area contributed by atoms with E-state index < -0.39 is 0 Å². The lowest BCUT2D eigenvalue weighted by atomic mass is 9.94. The predicted octanol–water partition coefficient (Wildman–Crippen LogP) is 3.67. The van der Waals surface area contributed by atoms with Crippen molar-refractivity contribution in [1.82, 2.24) is 0 Å². The average molecular weight is 302 g/mol. The molecule has 1 aliphatic heterocycles. The molecule has 0 spiro atoms. The SMILES string of the molecule is O=C(OCc1ccccc1Cl)C1CNc2ccccc2C1. The number of carbonyl (C=O) groups excluding carboxylic acids is 1. The van der Waals surface area contributed by atoms with Crippen LogP contribution in [0.4, 0.5) is 5.69 Å². The number of nitrogens with one attached hydrogen (secondary N) is 1. The molecule has 1 atom stereocenters. The van der Waals surface area contributed by atoms with Gasteiger partial charge in [-0.05, 0) is 24.1 Å². The lowest BCUT2D eigenvalue weighted by Gasteiger charge is -2.24. The Balaban J connectivity index is 1.61. The van der Waals surface area contributed by atoms with Crippen molar-refractivity contribution in [3.63, 3.8) is 0 Å². The first-order valence-corrected chi connectivity index (χ1v) is 7.33. The zero-order valence-electron chi connectivity index (χ0n) is 11.5. The summed E-state index contributed by atoms with van der Waals surface area (Å²) in [6, 6.07) is 15.4. The topological polar surface area (TPSA) is 38.3 Å². The van der Waals surface area contributed by atoms with Crippen molar-refractivity contribution in [3.05, 3.63) is 64.7 Å². The average Bonchev–Trinajstić information content (AvgIpc) is 2.53. The smallest absolute Gasteiger partial charge is 0.311 e. The molecule has 0 saturated carbocycles. The maximum Gasteiger partial charge on any atom is 0.311 e. The number of esters is 1. The molecule has 0 fully saturated rings. The Morgan fingerprint density at radius 2 is 1.95 bits per heavy atom. The van der Waals surface area contributed by atoms with Gasteiger partial charge in [0.2, 0.25) is 0 Å². The van der Waals surface area contributed by atoms with Crippen LogP contribution in [0.2, 0.25) is 5.02 Å². The molecule has 1 heterocycles. The molecule has 1 N–H and O–H groups in total. The van der Waals surface area contributed by atoms with Gasteiger partial charge >= 0.3 is 5.97 Å². The molecule has 1 aliphatic rings. The van der Waals surface area contributed by atoms with Gasteiger partial charge in [-0.1, -0.05) is 48.0 Å². The minimum absolute atomic E-state index is 0.151. The van der Waals surface area contributed by atoms with Gasteiger partial charge in [0.05, 0.1) is 5.92 Å². The van der Waals surface area contributed by atoms with Crippen LogP contribution >= 0.6 is 11.6 Å². The number of halogens is 1. The van der Waals surface area contributed by atoms with E-state index in [1.54, 1.807) is 6.07 Å². The van der Waals surface area contributed by atoms with Gasteiger partial charge in [-0.15, -0.1) is 0 Å². The Hall–Kier alpha value is -2.00. The third kappa shape index (κ3) is 3.19. The van der Waals surface area contributed by atoms with E-state index in [9.17, 15) is 4.79 Å². The highest BCUT2D eigenvalue weighted by Gasteiger charge is 2.25. The van der Waals surface area contributed by atoms with Crippen molar-refractivity contribution in [3.8, 4) is 0 Å². The van der Waals surface area contributed by atoms with Gasteiger partial charge < -0.3 is 10.1 Å². The van der Waals surface area contributed by atoms with Gasteiger partial charge in [-0.2, -0.15) is 0 Å². The Labute approximate surface area is 128 Å². The molecule has 3 nitrogen and oxygen atoms in total. The van der Waals surface area contributed by atoms with Crippen molar-refractivity contribution in [1.29, 1.82) is 0 Å². The highest BCUT2D eigenvalue weighted by atomic mass is 35.5. The van der Waals surface area contributed by atoms with Gasteiger partial charge in [0.25, 0.3) is 0 Å². The summed E-state index contributed by atoms with van der Waals surface area (Å²) in [5.41, 5.74) is 3.09. The summed E-state index contributed by atoms with van der Waals surface area (Å²) in [7, 11) is 0. The lowest BCUT2D eigenvalue weighted by Crippen LogP contribution is -2.31. The first kappa shape index (κ1) is 14.0. The molecule has 2 aromatic carbocycles. The summed E-state index contributed by atoms with van der Waals surface area (Å²) < 4.78 is 5.40. The second-order valence-corrected chi connectivity index (χ2v) is 5.55. The fourth-order valence-electron chi connectivity index (χ4n) is 2.49. The van der Waals surface area contributed by atoms with Crippen LogP contribution in [0.25, 0.3) is 0 Å². The Morgan fingerprint density at radius 1 is 1.19 bits per heavy atom. The number of anilines is 1. The fraction of sp³-hybridized carbons (Fsp3) is 0.235. The Morgan fingerprint density at radius 3 is 2.81 bits per heavy atom. The molecule has 1 unspecified atom stereocenters. The lowest BCUT2D eigenvalue weighted by molar-refractivity contribution is -0.149. The van der Waals surface area contributed by atoms with Gasteiger partial charge in [-0.25, -0.2) is 0 Å². The van der Waals surface area contributed by atoms with Crippen LogP contribution in [0.15, 0.2) is 48.5 Å². The van der Waals surface area contributed by atoms with E-state index in [2.05, 4.69) is 5.32 Å². The maximum absolute atomic E-state index is 12.2. The number of hydrogen-bond acceptors (Lipinski definition) is 3. The van der Waals surface area contributed by atoms with E-state index in [-0.39, 0.29) is 18.5 Å². The summed E-state index contributed by atoms with van der Waals surface area (Å²) >= 11 is 6.06. The van der Waals surface area contributed by atoms with Gasteiger partial charge in [-0.3, -0.25) is 4.79 Å². The monoisotopic (exact) mass is 301 g/mol. The molecule has 0 aromatic heterocycles. The number of ether oxygens (including phenoxy) is 1. The number of carbonyl (C=O) groups is 1. The summed E-state index contributed by atoms with van der Waals surface area (Å²) in [5.74, 6) is -0.334. The van der Waals surface area contributed by atoms with Crippen LogP contribution in [0.3, 0.4) is 0 Å². The van der Waals surface area contributed by atoms with Crippen molar-refractivity contribution in [2.24, 2.45) is 5.92 Å². The Kier molecular flexibility index (Phi) is 4.11. The van der Waals surface area contributed by atoms with Crippen LogP contribution in [-0.4, -0.2) is 12.5 Å². The second-order valence-electron chi connectivity index (χ2n) is 5.14. The van der Waals surface area contributed by atoms with Gasteiger partial charge in [0.1, 0.15) is 6.61 Å². The number of para-hydroxylation sites is 1. The predicted molar refractivity (Wildman–Crippen MR) is 83.4 cm³/mol. The number of benzene rings is 2. The minimum atomic E-state index is -0.183. The molecule has 4 heteroatoms. The van der Waals surface area contributed by atoms with Crippen LogP contribution in [0.5, 0.6) is 0 Å². The highest BCUT2D eigenvalue weighted by molar-refractivity contribution is 6.31. The molecule has 3 rings (SSSR count). The molecule has 0 bridgehead atoms. The molecule has 108 valence electrons. The summed E-state index contributed by atoms with van der Waals surface area (Å²) in [6.45, 7) is 0.828. The van der Waals surface area contributed by atoms with Crippen LogP contribution < -0.4 is 5.32 Å². The highest BCUT2D eigenvalue weighted by Crippen LogP contribution is 2.25. The van der Waals surface area contributed by atoms with Crippen molar-refractivity contribution in [2.75, 3.05) is 11.9 Å². The quantitative estimate of drug-likeness (QED) is 0.879. The first-order chi connectivity index (χ1) is 10.2. The molecule has 0 radical (unpaired) electrons. The second kappa shape index (κ2) is 6.19. The maximum atomic E-state index is 12.2. The van der Waals surface area contributed by atoms with E-state index >= 15 is 0 Å². The van der Waals surface area contributed by atoms with E-state index in [0.29, 0.717) is 18.0 Å². The first-order valence-electron chi connectivity index (χ1n) is 6.96. The molecular weight excluding hydrogens is 286 g/mol. The number of fused-ring (bicyclic) bond motifs is 1. The standard InChI is InChI=1S/C17H16ClNO2/c18-15-7-3-1-6-13(15)11-21-17(20)14-9-12-5-2-4-8-16(12)19-10-14/h1-8,14,19H,9-11H2. The normalized spacial score (nSPS) is 16.7. The van der Waals surface area contributed by atoms with Gasteiger partial charge in [0.15, 0.2) is 0 Å². The van der Waals surface area contributed by atoms with Crippen molar-refractivity contribution < 1.29 is 9.53 Å². The zero-order valence-corrected chi connectivity index (χ0v) is 12.3. The molecule has 0 saturated heterocycles. The van der Waals surface area contributed by atoms with E-state index in [1.807, 2.05) is 42.5 Å². The third-order valence-electron chi connectivity index (χ3n) is 3.68. The van der Waals surface area contributed by atoms with E-state index in [0.717, 1.165) is 16.8 Å². The van der Waals surface area contributed by atoms with Crippen molar-refractivity contribution >= 4 is 23.3 Å². The summed E-state index contributed by atoms with van der Waals surface area (Å²) in [5, 5.41) is 3.90. The largest absolute Gasteiger partial charge is 0.460 e.